The maximum absolute atomic E-state index is 12.5. The molecule has 49 heavy (non-hydrogen) atoms. The lowest BCUT2D eigenvalue weighted by Crippen LogP contribution is -2.30. The van der Waals surface area contributed by atoms with Crippen LogP contribution in [-0.4, -0.2) is 37.2 Å². The average Bonchev–Trinajstić information content (AvgIpc) is 3.08. The van der Waals surface area contributed by atoms with Gasteiger partial charge in [-0.1, -0.05) is 189 Å². The molecule has 0 aromatic carbocycles. The van der Waals surface area contributed by atoms with Crippen molar-refractivity contribution >= 4 is 17.9 Å². The maximum atomic E-state index is 12.5. The van der Waals surface area contributed by atoms with E-state index in [0.29, 0.717) is 19.3 Å². The highest BCUT2D eigenvalue weighted by Gasteiger charge is 2.19. The van der Waals surface area contributed by atoms with Gasteiger partial charge in [0.2, 0.25) is 0 Å². The molecule has 0 amide bonds. The SMILES string of the molecule is CCCCCCCC(=O)O[C@H](COC(=O)CCCCCCCCCCCCCCCC(C)C)COC(=O)CCCCCCCCC(C)CC. The third kappa shape index (κ3) is 36.0. The first kappa shape index (κ1) is 47.4. The first-order chi connectivity index (χ1) is 23.8. The van der Waals surface area contributed by atoms with Gasteiger partial charge in [-0.2, -0.15) is 0 Å². The van der Waals surface area contributed by atoms with E-state index in [4.69, 9.17) is 14.2 Å². The van der Waals surface area contributed by atoms with Crippen LogP contribution < -0.4 is 0 Å². The minimum absolute atomic E-state index is 0.0672. The first-order valence-electron chi connectivity index (χ1n) is 21.3. The Labute approximate surface area is 304 Å². The molecule has 0 saturated carbocycles. The molecule has 6 heteroatoms. The summed E-state index contributed by atoms with van der Waals surface area (Å²) in [6, 6.07) is 0. The molecule has 0 radical (unpaired) electrons. The smallest absolute Gasteiger partial charge is 0.306 e. The van der Waals surface area contributed by atoms with E-state index >= 15 is 0 Å². The molecule has 0 N–H and O–H groups in total. The summed E-state index contributed by atoms with van der Waals surface area (Å²) >= 11 is 0. The summed E-state index contributed by atoms with van der Waals surface area (Å²) in [5, 5.41) is 0. The zero-order chi connectivity index (χ0) is 36.2. The maximum Gasteiger partial charge on any atom is 0.306 e. The summed E-state index contributed by atoms with van der Waals surface area (Å²) in [6.45, 7) is 11.2. The highest BCUT2D eigenvalue weighted by molar-refractivity contribution is 5.71. The molecule has 1 unspecified atom stereocenters. The normalized spacial score (nSPS) is 12.6. The fourth-order valence-corrected chi connectivity index (χ4v) is 6.19. The predicted octanol–water partition coefficient (Wildman–Crippen LogP) is 13.0. The minimum atomic E-state index is -0.758. The van der Waals surface area contributed by atoms with Crippen LogP contribution in [0.1, 0.15) is 227 Å². The van der Waals surface area contributed by atoms with Crippen molar-refractivity contribution in [2.24, 2.45) is 11.8 Å². The van der Waals surface area contributed by atoms with Gasteiger partial charge in [0.15, 0.2) is 6.10 Å². The average molecular weight is 695 g/mol. The number of carbonyl (C=O) groups excluding carboxylic acids is 3. The standard InChI is InChI=1S/C43H82O6/c1-6-8-9-21-30-35-43(46)49-40(37-48-42(45)34-29-25-20-19-23-27-32-39(5)7-2)36-47-41(44)33-28-24-18-16-14-12-10-11-13-15-17-22-26-31-38(3)4/h38-40H,6-37H2,1-5H3/t39?,40-/m1/s1. The Hall–Kier alpha value is -1.59. The molecule has 0 aromatic rings. The van der Waals surface area contributed by atoms with Crippen LogP contribution >= 0.6 is 0 Å². The monoisotopic (exact) mass is 695 g/mol. The Morgan fingerprint density at radius 1 is 0.429 bits per heavy atom. The lowest BCUT2D eigenvalue weighted by molar-refractivity contribution is -0.167. The second kappa shape index (κ2) is 36.2. The van der Waals surface area contributed by atoms with E-state index in [9.17, 15) is 14.4 Å². The lowest BCUT2D eigenvalue weighted by Gasteiger charge is -2.18. The highest BCUT2D eigenvalue weighted by Crippen LogP contribution is 2.16. The zero-order valence-electron chi connectivity index (χ0n) is 33.3. The van der Waals surface area contributed by atoms with Gasteiger partial charge in [-0.3, -0.25) is 14.4 Å². The molecule has 2 atom stereocenters. The molecule has 0 aromatic heterocycles. The van der Waals surface area contributed by atoms with Gasteiger partial charge >= 0.3 is 17.9 Å². The Kier molecular flexibility index (Phi) is 35.0. The summed E-state index contributed by atoms with van der Waals surface area (Å²) in [5.41, 5.74) is 0. The third-order valence-corrected chi connectivity index (χ3v) is 9.83. The largest absolute Gasteiger partial charge is 0.462 e. The molecule has 0 heterocycles. The van der Waals surface area contributed by atoms with E-state index in [-0.39, 0.29) is 31.1 Å². The van der Waals surface area contributed by atoms with Crippen molar-refractivity contribution in [1.29, 1.82) is 0 Å². The number of hydrogen-bond acceptors (Lipinski definition) is 6. The van der Waals surface area contributed by atoms with Crippen LogP contribution in [0.15, 0.2) is 0 Å². The van der Waals surface area contributed by atoms with Crippen LogP contribution in [0.4, 0.5) is 0 Å². The van der Waals surface area contributed by atoms with Gasteiger partial charge in [-0.15, -0.1) is 0 Å². The summed E-state index contributed by atoms with van der Waals surface area (Å²) in [7, 11) is 0. The van der Waals surface area contributed by atoms with Crippen molar-refractivity contribution < 1.29 is 28.6 Å². The molecule has 0 aliphatic rings. The Morgan fingerprint density at radius 2 is 0.776 bits per heavy atom. The first-order valence-corrected chi connectivity index (χ1v) is 21.3. The number of esters is 3. The number of ether oxygens (including phenoxy) is 3. The van der Waals surface area contributed by atoms with Gasteiger partial charge in [-0.25, -0.2) is 0 Å². The molecule has 6 nitrogen and oxygen atoms in total. The summed E-state index contributed by atoms with van der Waals surface area (Å²) in [5.74, 6) is 0.776. The van der Waals surface area contributed by atoms with E-state index < -0.39 is 6.10 Å². The molecule has 0 aliphatic carbocycles. The van der Waals surface area contributed by atoms with E-state index in [1.54, 1.807) is 0 Å². The van der Waals surface area contributed by atoms with Crippen molar-refractivity contribution in [3.63, 3.8) is 0 Å². The van der Waals surface area contributed by atoms with Crippen molar-refractivity contribution in [3.05, 3.63) is 0 Å². The Bertz CT molecular complexity index is 751. The van der Waals surface area contributed by atoms with Gasteiger partial charge in [-0.05, 0) is 31.1 Å². The van der Waals surface area contributed by atoms with E-state index in [0.717, 1.165) is 76.0 Å². The second-order valence-electron chi connectivity index (χ2n) is 15.3. The van der Waals surface area contributed by atoms with Crippen molar-refractivity contribution in [2.45, 2.75) is 233 Å². The fraction of sp³-hybridized carbons (Fsp3) is 0.930. The van der Waals surface area contributed by atoms with Crippen molar-refractivity contribution in [3.8, 4) is 0 Å². The zero-order valence-corrected chi connectivity index (χ0v) is 33.3. The topological polar surface area (TPSA) is 78.9 Å². The van der Waals surface area contributed by atoms with Crippen LogP contribution in [0.5, 0.6) is 0 Å². The van der Waals surface area contributed by atoms with E-state index in [1.807, 2.05) is 0 Å². The second-order valence-corrected chi connectivity index (χ2v) is 15.3. The van der Waals surface area contributed by atoms with E-state index in [1.165, 1.54) is 109 Å². The van der Waals surface area contributed by atoms with Crippen LogP contribution in [0, 0.1) is 11.8 Å². The fourth-order valence-electron chi connectivity index (χ4n) is 6.19. The van der Waals surface area contributed by atoms with Crippen LogP contribution in [0.3, 0.4) is 0 Å². The number of hydrogen-bond donors (Lipinski definition) is 0. The van der Waals surface area contributed by atoms with Gasteiger partial charge in [0.25, 0.3) is 0 Å². The lowest BCUT2D eigenvalue weighted by atomic mass is 10.00. The number of unbranched alkanes of at least 4 members (excludes halogenated alkanes) is 21. The quantitative estimate of drug-likeness (QED) is 0.0366. The molecule has 0 bridgehead atoms. The number of rotatable bonds is 37. The van der Waals surface area contributed by atoms with Crippen molar-refractivity contribution in [1.82, 2.24) is 0 Å². The molecule has 0 saturated heterocycles. The molecular weight excluding hydrogens is 612 g/mol. The minimum Gasteiger partial charge on any atom is -0.462 e. The van der Waals surface area contributed by atoms with Crippen LogP contribution in [0.25, 0.3) is 0 Å². The summed E-state index contributed by atoms with van der Waals surface area (Å²) in [6.07, 6.45) is 32.6. The van der Waals surface area contributed by atoms with Gasteiger partial charge in [0.05, 0.1) is 0 Å². The molecule has 0 spiro atoms. The molecule has 0 aliphatic heterocycles. The van der Waals surface area contributed by atoms with Gasteiger partial charge in [0.1, 0.15) is 13.2 Å². The van der Waals surface area contributed by atoms with E-state index in [2.05, 4.69) is 34.6 Å². The molecular formula is C43H82O6. The van der Waals surface area contributed by atoms with Gasteiger partial charge in [0, 0.05) is 19.3 Å². The van der Waals surface area contributed by atoms with Gasteiger partial charge < -0.3 is 14.2 Å². The third-order valence-electron chi connectivity index (χ3n) is 9.83. The predicted molar refractivity (Wildman–Crippen MR) is 206 cm³/mol. The Balaban J connectivity index is 4.15. The van der Waals surface area contributed by atoms with Crippen LogP contribution in [-0.2, 0) is 28.6 Å². The summed E-state index contributed by atoms with van der Waals surface area (Å²) in [4.78, 5) is 37.3. The molecule has 290 valence electrons. The highest BCUT2D eigenvalue weighted by atomic mass is 16.6. The Morgan fingerprint density at radius 3 is 1.16 bits per heavy atom. The van der Waals surface area contributed by atoms with Crippen molar-refractivity contribution in [2.75, 3.05) is 13.2 Å². The van der Waals surface area contributed by atoms with Crippen LogP contribution in [0.2, 0.25) is 0 Å². The molecule has 0 fully saturated rings. The summed E-state index contributed by atoms with van der Waals surface area (Å²) < 4.78 is 16.5. The molecule has 0 rings (SSSR count). The number of carbonyl (C=O) groups is 3.